The minimum absolute atomic E-state index is 0.421. The molecule has 0 bridgehead atoms. The molecular weight excluding hydrogens is 240 g/mol. The van der Waals surface area contributed by atoms with Crippen LogP contribution < -0.4 is 9.47 Å². The first-order chi connectivity index (χ1) is 7.17. The minimum atomic E-state index is -0.733. The van der Waals surface area contributed by atoms with Crippen LogP contribution in [-0.2, 0) is 4.74 Å². The summed E-state index contributed by atoms with van der Waals surface area (Å²) in [7, 11) is 1.26. The monoisotopic (exact) mass is 250 g/mol. The number of rotatable bonds is 4. The van der Waals surface area contributed by atoms with Crippen molar-refractivity contribution in [3.8, 4) is 10.1 Å². The van der Waals surface area contributed by atoms with Crippen molar-refractivity contribution < 1.29 is 19.0 Å². The zero-order chi connectivity index (χ0) is 11.3. The topological polar surface area (TPSA) is 44.8 Å². The van der Waals surface area contributed by atoms with Gasteiger partial charge in [0.1, 0.15) is 6.61 Å². The van der Waals surface area contributed by atoms with Crippen LogP contribution in [-0.4, -0.2) is 25.8 Å². The molecule has 0 aliphatic carbocycles. The standard InChI is InChI=1S/C9H11ClO4S/c1-6-5-7(13-4-3-10)15-8(6)14-9(11)12-2/h5H,3-4H2,1-2H3. The highest BCUT2D eigenvalue weighted by molar-refractivity contribution is 7.15. The number of carbonyl (C=O) groups excluding carboxylic acids is 1. The van der Waals surface area contributed by atoms with Crippen LogP contribution in [0.4, 0.5) is 4.79 Å². The van der Waals surface area contributed by atoms with Crippen molar-refractivity contribution in [1.29, 1.82) is 0 Å². The van der Waals surface area contributed by atoms with Gasteiger partial charge in [-0.05, 0) is 13.0 Å². The number of carbonyl (C=O) groups is 1. The normalized spacial score (nSPS) is 9.80. The fourth-order valence-corrected chi connectivity index (χ4v) is 1.83. The molecule has 1 rings (SSSR count). The Hall–Kier alpha value is -0.940. The maximum absolute atomic E-state index is 10.9. The molecule has 0 aliphatic rings. The van der Waals surface area contributed by atoms with E-state index in [4.69, 9.17) is 21.1 Å². The Morgan fingerprint density at radius 3 is 2.93 bits per heavy atom. The van der Waals surface area contributed by atoms with E-state index in [2.05, 4.69) is 4.74 Å². The zero-order valence-corrected chi connectivity index (χ0v) is 9.98. The van der Waals surface area contributed by atoms with E-state index in [9.17, 15) is 4.79 Å². The minimum Gasteiger partial charge on any atom is -0.483 e. The molecule has 0 saturated carbocycles. The third-order valence-corrected chi connectivity index (χ3v) is 2.70. The third kappa shape index (κ3) is 3.60. The Labute approximate surface area is 96.7 Å². The number of hydrogen-bond donors (Lipinski definition) is 0. The van der Waals surface area contributed by atoms with Crippen LogP contribution in [0, 0.1) is 6.92 Å². The summed E-state index contributed by atoms with van der Waals surface area (Å²) >= 11 is 6.72. The molecule has 0 unspecified atom stereocenters. The Bertz CT molecular complexity index is 337. The van der Waals surface area contributed by atoms with Gasteiger partial charge in [-0.2, -0.15) is 0 Å². The van der Waals surface area contributed by atoms with Crippen molar-refractivity contribution in [2.45, 2.75) is 6.92 Å². The average molecular weight is 251 g/mol. The summed E-state index contributed by atoms with van der Waals surface area (Å²) in [4.78, 5) is 10.9. The second-order valence-electron chi connectivity index (χ2n) is 2.63. The molecule has 15 heavy (non-hydrogen) atoms. The van der Waals surface area contributed by atoms with Crippen molar-refractivity contribution in [1.82, 2.24) is 0 Å². The summed E-state index contributed by atoms with van der Waals surface area (Å²) in [6.45, 7) is 2.25. The SMILES string of the molecule is COC(=O)Oc1sc(OCCCl)cc1C. The summed E-state index contributed by atoms with van der Waals surface area (Å²) in [5.74, 6) is 0.421. The summed E-state index contributed by atoms with van der Waals surface area (Å²) < 4.78 is 14.6. The summed E-state index contributed by atoms with van der Waals surface area (Å²) in [5.41, 5.74) is 0.829. The quantitative estimate of drug-likeness (QED) is 0.609. The van der Waals surface area contributed by atoms with E-state index in [1.165, 1.54) is 18.4 Å². The molecule has 0 fully saturated rings. The highest BCUT2D eigenvalue weighted by Crippen LogP contribution is 2.35. The first-order valence-corrected chi connectivity index (χ1v) is 5.57. The van der Waals surface area contributed by atoms with Gasteiger partial charge in [0.15, 0.2) is 10.1 Å². The first kappa shape index (κ1) is 12.1. The van der Waals surface area contributed by atoms with E-state index in [0.717, 1.165) is 5.56 Å². The summed E-state index contributed by atoms with van der Waals surface area (Å²) in [6.07, 6.45) is -0.733. The van der Waals surface area contributed by atoms with Gasteiger partial charge >= 0.3 is 6.16 Å². The van der Waals surface area contributed by atoms with E-state index < -0.39 is 6.16 Å². The molecule has 1 aromatic heterocycles. The van der Waals surface area contributed by atoms with E-state index >= 15 is 0 Å². The molecule has 0 saturated heterocycles. The van der Waals surface area contributed by atoms with Crippen molar-refractivity contribution >= 4 is 29.1 Å². The van der Waals surface area contributed by atoms with Gasteiger partial charge in [-0.3, -0.25) is 0 Å². The second-order valence-corrected chi connectivity index (χ2v) is 3.98. The van der Waals surface area contributed by atoms with Gasteiger partial charge in [-0.15, -0.1) is 11.6 Å². The number of alkyl halides is 1. The van der Waals surface area contributed by atoms with Gasteiger partial charge in [-0.25, -0.2) is 4.79 Å². The van der Waals surface area contributed by atoms with Crippen LogP contribution in [0.3, 0.4) is 0 Å². The van der Waals surface area contributed by atoms with E-state index in [1.54, 1.807) is 6.07 Å². The van der Waals surface area contributed by atoms with Gasteiger partial charge in [0.2, 0.25) is 0 Å². The molecule has 0 aliphatic heterocycles. The van der Waals surface area contributed by atoms with Gasteiger partial charge < -0.3 is 14.2 Å². The van der Waals surface area contributed by atoms with Gasteiger partial charge in [0.05, 0.1) is 13.0 Å². The lowest BCUT2D eigenvalue weighted by Gasteiger charge is -1.99. The molecule has 0 aromatic carbocycles. The Kier molecular flexibility index (Phi) is 4.71. The molecule has 0 N–H and O–H groups in total. The number of hydrogen-bond acceptors (Lipinski definition) is 5. The van der Waals surface area contributed by atoms with Crippen LogP contribution >= 0.6 is 22.9 Å². The Morgan fingerprint density at radius 2 is 2.33 bits per heavy atom. The Morgan fingerprint density at radius 1 is 1.60 bits per heavy atom. The highest BCUT2D eigenvalue weighted by atomic mass is 35.5. The fraction of sp³-hybridized carbons (Fsp3) is 0.444. The molecule has 0 atom stereocenters. The van der Waals surface area contributed by atoms with Gasteiger partial charge in [0, 0.05) is 5.56 Å². The van der Waals surface area contributed by atoms with E-state index in [-0.39, 0.29) is 0 Å². The van der Waals surface area contributed by atoms with Crippen LogP contribution in [0.5, 0.6) is 10.1 Å². The molecule has 6 heteroatoms. The maximum atomic E-state index is 10.9. The number of methoxy groups -OCH3 is 1. The van der Waals surface area contributed by atoms with Gasteiger partial charge in [-0.1, -0.05) is 11.3 Å². The lowest BCUT2D eigenvalue weighted by molar-refractivity contribution is 0.122. The molecule has 4 nitrogen and oxygen atoms in total. The van der Waals surface area contributed by atoms with Crippen LogP contribution in [0.1, 0.15) is 5.56 Å². The molecule has 0 radical (unpaired) electrons. The lowest BCUT2D eigenvalue weighted by atomic mass is 10.4. The van der Waals surface area contributed by atoms with E-state index in [1.807, 2.05) is 6.92 Å². The number of ether oxygens (including phenoxy) is 3. The average Bonchev–Trinajstić information content (AvgIpc) is 2.56. The van der Waals surface area contributed by atoms with Crippen molar-refractivity contribution in [2.24, 2.45) is 0 Å². The first-order valence-electron chi connectivity index (χ1n) is 4.22. The molecule has 0 amide bonds. The van der Waals surface area contributed by atoms with Crippen molar-refractivity contribution in [3.05, 3.63) is 11.6 Å². The lowest BCUT2D eigenvalue weighted by Crippen LogP contribution is -2.06. The van der Waals surface area contributed by atoms with Crippen molar-refractivity contribution in [3.63, 3.8) is 0 Å². The second kappa shape index (κ2) is 5.82. The summed E-state index contributed by atoms with van der Waals surface area (Å²) in [5, 5.41) is 1.15. The predicted octanol–water partition coefficient (Wildman–Crippen LogP) is 2.82. The molecule has 1 aromatic rings. The molecule has 84 valence electrons. The van der Waals surface area contributed by atoms with Gasteiger partial charge in [0.25, 0.3) is 0 Å². The molecular formula is C9H11ClO4S. The number of thiophene rings is 1. The maximum Gasteiger partial charge on any atom is 0.514 e. The Balaban J connectivity index is 2.64. The van der Waals surface area contributed by atoms with E-state index in [0.29, 0.717) is 22.6 Å². The zero-order valence-electron chi connectivity index (χ0n) is 8.41. The highest BCUT2D eigenvalue weighted by Gasteiger charge is 2.11. The smallest absolute Gasteiger partial charge is 0.483 e. The molecule has 1 heterocycles. The van der Waals surface area contributed by atoms with Crippen LogP contribution in [0.15, 0.2) is 6.07 Å². The largest absolute Gasteiger partial charge is 0.514 e. The predicted molar refractivity (Wildman–Crippen MR) is 58.3 cm³/mol. The number of halogens is 1. The van der Waals surface area contributed by atoms with Crippen LogP contribution in [0.2, 0.25) is 0 Å². The molecule has 0 spiro atoms. The third-order valence-electron chi connectivity index (χ3n) is 1.51. The van der Waals surface area contributed by atoms with Crippen molar-refractivity contribution in [2.75, 3.05) is 19.6 Å². The fourth-order valence-electron chi connectivity index (χ4n) is 0.866. The van der Waals surface area contributed by atoms with Crippen LogP contribution in [0.25, 0.3) is 0 Å². The number of aryl methyl sites for hydroxylation is 1. The summed E-state index contributed by atoms with van der Waals surface area (Å²) in [6, 6.07) is 1.79.